The largest absolute Gasteiger partial charge is 0.504 e. The number of ether oxygens (including phenoxy) is 1. The quantitative estimate of drug-likeness (QED) is 0.627. The van der Waals surface area contributed by atoms with Gasteiger partial charge in [-0.3, -0.25) is 9.79 Å². The summed E-state index contributed by atoms with van der Waals surface area (Å²) in [5.41, 5.74) is 2.11. The number of carbonyl (C=O) groups excluding carboxylic acids is 1. The van der Waals surface area contributed by atoms with Crippen LogP contribution in [0.3, 0.4) is 0 Å². The van der Waals surface area contributed by atoms with Crippen molar-refractivity contribution >= 4 is 44.5 Å². The number of amides is 1. The van der Waals surface area contributed by atoms with Crippen molar-refractivity contribution in [1.29, 1.82) is 0 Å². The molecule has 134 valence electrons. The molecule has 0 spiro atoms. The molecule has 0 fully saturated rings. The number of benzene rings is 2. The highest BCUT2D eigenvalue weighted by molar-refractivity contribution is 7.22. The van der Waals surface area contributed by atoms with E-state index < -0.39 is 0 Å². The molecular formula is C19H19N3O3S. The molecule has 0 saturated heterocycles. The highest BCUT2D eigenvalue weighted by Crippen LogP contribution is 2.31. The molecule has 1 aromatic heterocycles. The van der Waals surface area contributed by atoms with Gasteiger partial charge >= 0.3 is 0 Å². The van der Waals surface area contributed by atoms with Crippen LogP contribution in [-0.2, 0) is 4.79 Å². The number of hydrogen-bond donors (Lipinski definition) is 2. The summed E-state index contributed by atoms with van der Waals surface area (Å²) >= 11 is 1.41. The van der Waals surface area contributed by atoms with Crippen LogP contribution >= 0.6 is 11.3 Å². The van der Waals surface area contributed by atoms with Gasteiger partial charge in [-0.2, -0.15) is 0 Å². The number of para-hydroxylation sites is 1. The van der Waals surface area contributed by atoms with E-state index in [9.17, 15) is 9.90 Å². The number of aliphatic imine (C=N–C) groups is 1. The third kappa shape index (κ3) is 4.00. The maximum absolute atomic E-state index is 11.7. The van der Waals surface area contributed by atoms with Gasteiger partial charge in [0, 0.05) is 18.2 Å². The Balaban J connectivity index is 1.82. The Hall–Kier alpha value is -2.93. The van der Waals surface area contributed by atoms with E-state index in [1.54, 1.807) is 24.4 Å². The Labute approximate surface area is 155 Å². The molecule has 7 heteroatoms. The first-order chi connectivity index (χ1) is 12.6. The summed E-state index contributed by atoms with van der Waals surface area (Å²) in [6, 6.07) is 10.8. The number of hydrogen-bond acceptors (Lipinski definition) is 6. The van der Waals surface area contributed by atoms with Crippen molar-refractivity contribution in [1.82, 2.24) is 4.98 Å². The highest BCUT2D eigenvalue weighted by Gasteiger charge is 2.08. The maximum Gasteiger partial charge on any atom is 0.226 e. The van der Waals surface area contributed by atoms with Crippen LogP contribution in [0.4, 0.5) is 10.8 Å². The number of aromatic nitrogens is 1. The van der Waals surface area contributed by atoms with Crippen LogP contribution in [0.1, 0.15) is 25.3 Å². The predicted molar refractivity (Wildman–Crippen MR) is 105 cm³/mol. The monoisotopic (exact) mass is 369 g/mol. The topological polar surface area (TPSA) is 83.8 Å². The van der Waals surface area contributed by atoms with Gasteiger partial charge in [-0.15, -0.1) is 0 Å². The zero-order valence-corrected chi connectivity index (χ0v) is 15.3. The molecule has 3 rings (SSSR count). The fraction of sp³-hybridized carbons (Fsp3) is 0.211. The van der Waals surface area contributed by atoms with E-state index in [0.29, 0.717) is 22.9 Å². The minimum atomic E-state index is -0.0294. The highest BCUT2D eigenvalue weighted by atomic mass is 32.1. The predicted octanol–water partition coefficient (Wildman–Crippen LogP) is 4.50. The minimum absolute atomic E-state index is 0.0294. The average Bonchev–Trinajstić information content (AvgIpc) is 3.02. The molecule has 2 aromatic carbocycles. The molecule has 0 aliphatic rings. The Bertz CT molecular complexity index is 966. The van der Waals surface area contributed by atoms with Gasteiger partial charge in [-0.05, 0) is 36.8 Å². The number of nitrogens with zero attached hydrogens (tertiary/aromatic N) is 2. The smallest absolute Gasteiger partial charge is 0.226 e. The number of phenols is 1. The molecule has 0 aliphatic heterocycles. The Morgan fingerprint density at radius 2 is 2.23 bits per heavy atom. The second-order valence-corrected chi connectivity index (χ2v) is 6.66. The SMILES string of the molecule is CCCC(=O)Nc1nc2ccc(N=Cc3cccc(OC)c3O)cc2s1. The lowest BCUT2D eigenvalue weighted by molar-refractivity contribution is -0.116. The number of carbonyl (C=O) groups is 1. The molecule has 0 saturated carbocycles. The van der Waals surface area contributed by atoms with Crippen molar-refractivity contribution in [2.45, 2.75) is 19.8 Å². The molecule has 2 N–H and O–H groups in total. The van der Waals surface area contributed by atoms with Crippen LogP contribution in [-0.4, -0.2) is 29.3 Å². The standard InChI is InChI=1S/C19H19N3O3S/c1-3-5-17(23)22-19-21-14-9-8-13(10-16(14)26-19)20-11-12-6-4-7-15(25-2)18(12)24/h4,6-11,24H,3,5H2,1-2H3,(H,21,22,23). The van der Waals surface area contributed by atoms with Crippen LogP contribution in [0.2, 0.25) is 0 Å². The lowest BCUT2D eigenvalue weighted by atomic mass is 10.2. The van der Waals surface area contributed by atoms with Crippen molar-refractivity contribution in [3.63, 3.8) is 0 Å². The van der Waals surface area contributed by atoms with E-state index in [2.05, 4.69) is 15.3 Å². The molecule has 1 heterocycles. The molecule has 0 radical (unpaired) electrons. The third-order valence-electron chi connectivity index (χ3n) is 3.70. The van der Waals surface area contributed by atoms with Gasteiger partial charge in [-0.25, -0.2) is 4.98 Å². The number of rotatable bonds is 6. The molecule has 3 aromatic rings. The summed E-state index contributed by atoms with van der Waals surface area (Å²) in [4.78, 5) is 20.5. The summed E-state index contributed by atoms with van der Waals surface area (Å²) in [7, 11) is 1.50. The van der Waals surface area contributed by atoms with Gasteiger partial charge < -0.3 is 15.2 Å². The number of fused-ring (bicyclic) bond motifs is 1. The van der Waals surface area contributed by atoms with E-state index in [4.69, 9.17) is 4.74 Å². The zero-order chi connectivity index (χ0) is 18.5. The number of aromatic hydroxyl groups is 1. The summed E-state index contributed by atoms with van der Waals surface area (Å²) in [6.07, 6.45) is 2.87. The van der Waals surface area contributed by atoms with Gasteiger partial charge in [0.15, 0.2) is 16.6 Å². The molecule has 6 nitrogen and oxygen atoms in total. The van der Waals surface area contributed by atoms with Gasteiger partial charge in [-0.1, -0.05) is 24.3 Å². The summed E-state index contributed by atoms with van der Waals surface area (Å²) in [5.74, 6) is 0.427. The average molecular weight is 369 g/mol. The van der Waals surface area contributed by atoms with Crippen LogP contribution in [0.25, 0.3) is 10.2 Å². The lowest BCUT2D eigenvalue weighted by Crippen LogP contribution is -2.09. The van der Waals surface area contributed by atoms with E-state index in [0.717, 1.165) is 22.3 Å². The number of nitrogens with one attached hydrogen (secondary N) is 1. The van der Waals surface area contributed by atoms with Gasteiger partial charge in [0.05, 0.1) is 23.0 Å². The normalized spacial score (nSPS) is 11.2. The third-order valence-corrected chi connectivity index (χ3v) is 4.63. The fourth-order valence-corrected chi connectivity index (χ4v) is 3.32. The molecular weight excluding hydrogens is 350 g/mol. The number of methoxy groups -OCH3 is 1. The zero-order valence-electron chi connectivity index (χ0n) is 14.5. The molecule has 0 unspecified atom stereocenters. The Kier molecular flexibility index (Phi) is 5.48. The molecule has 0 atom stereocenters. The Morgan fingerprint density at radius 1 is 1.38 bits per heavy atom. The number of thiazole rings is 1. The van der Waals surface area contributed by atoms with Crippen molar-refractivity contribution in [2.75, 3.05) is 12.4 Å². The van der Waals surface area contributed by atoms with Crippen molar-refractivity contribution in [2.24, 2.45) is 4.99 Å². The van der Waals surface area contributed by atoms with E-state index in [1.165, 1.54) is 18.4 Å². The van der Waals surface area contributed by atoms with Crippen molar-refractivity contribution in [3.8, 4) is 11.5 Å². The summed E-state index contributed by atoms with van der Waals surface area (Å²) < 4.78 is 6.03. The van der Waals surface area contributed by atoms with Gasteiger partial charge in [0.2, 0.25) is 5.91 Å². The van der Waals surface area contributed by atoms with Gasteiger partial charge in [0.25, 0.3) is 0 Å². The molecule has 1 amide bonds. The molecule has 0 aliphatic carbocycles. The second-order valence-electron chi connectivity index (χ2n) is 5.63. The van der Waals surface area contributed by atoms with Crippen LogP contribution < -0.4 is 10.1 Å². The Morgan fingerprint density at radius 3 is 3.00 bits per heavy atom. The first-order valence-corrected chi connectivity index (χ1v) is 9.03. The maximum atomic E-state index is 11.7. The first-order valence-electron chi connectivity index (χ1n) is 8.21. The van der Waals surface area contributed by atoms with Crippen LogP contribution in [0.15, 0.2) is 41.4 Å². The van der Waals surface area contributed by atoms with Crippen LogP contribution in [0.5, 0.6) is 11.5 Å². The summed E-state index contributed by atoms with van der Waals surface area (Å²) in [5, 5.41) is 13.5. The first kappa shape index (κ1) is 17.9. The van der Waals surface area contributed by atoms with Gasteiger partial charge in [0.1, 0.15) is 0 Å². The van der Waals surface area contributed by atoms with Crippen molar-refractivity contribution < 1.29 is 14.6 Å². The van der Waals surface area contributed by atoms with E-state index in [1.807, 2.05) is 25.1 Å². The van der Waals surface area contributed by atoms with E-state index >= 15 is 0 Å². The molecule has 26 heavy (non-hydrogen) atoms. The number of phenolic OH excluding ortho intramolecular Hbond substituents is 1. The van der Waals surface area contributed by atoms with E-state index in [-0.39, 0.29) is 11.7 Å². The van der Waals surface area contributed by atoms with Crippen LogP contribution in [0, 0.1) is 0 Å². The lowest BCUT2D eigenvalue weighted by Gasteiger charge is -2.04. The summed E-state index contributed by atoms with van der Waals surface area (Å²) in [6.45, 7) is 1.96. The second kappa shape index (κ2) is 7.97. The fourth-order valence-electron chi connectivity index (χ4n) is 2.41. The minimum Gasteiger partial charge on any atom is -0.504 e. The molecule has 0 bridgehead atoms. The number of anilines is 1. The van der Waals surface area contributed by atoms with Crippen molar-refractivity contribution in [3.05, 3.63) is 42.0 Å².